The summed E-state index contributed by atoms with van der Waals surface area (Å²) in [5, 5.41) is 9.99. The first kappa shape index (κ1) is 14.6. The SMILES string of the molecule is N#Cc1c(N2CCCCC2)ncn(-c2ccc(Cl)cc2)c1=O. The van der Waals surface area contributed by atoms with Crippen LogP contribution in [0.3, 0.4) is 0 Å². The van der Waals surface area contributed by atoms with Crippen molar-refractivity contribution in [3.8, 4) is 11.8 Å². The maximum Gasteiger partial charge on any atom is 0.278 e. The molecule has 1 aromatic carbocycles. The van der Waals surface area contributed by atoms with E-state index in [1.54, 1.807) is 24.3 Å². The van der Waals surface area contributed by atoms with Gasteiger partial charge in [0.15, 0.2) is 11.4 Å². The number of nitrogens with zero attached hydrogens (tertiary/aromatic N) is 4. The molecule has 2 heterocycles. The second-order valence-corrected chi connectivity index (χ2v) is 5.69. The molecule has 1 aliphatic rings. The lowest BCUT2D eigenvalue weighted by Gasteiger charge is -2.28. The summed E-state index contributed by atoms with van der Waals surface area (Å²) in [6.07, 6.45) is 4.79. The second kappa shape index (κ2) is 6.20. The van der Waals surface area contributed by atoms with E-state index in [1.807, 2.05) is 11.0 Å². The zero-order valence-corrected chi connectivity index (χ0v) is 12.8. The number of benzene rings is 1. The van der Waals surface area contributed by atoms with Gasteiger partial charge in [-0.1, -0.05) is 11.6 Å². The molecule has 0 N–H and O–H groups in total. The largest absolute Gasteiger partial charge is 0.355 e. The van der Waals surface area contributed by atoms with Crippen LogP contribution in [0, 0.1) is 11.3 Å². The van der Waals surface area contributed by atoms with Crippen LogP contribution in [0.5, 0.6) is 0 Å². The van der Waals surface area contributed by atoms with Gasteiger partial charge in [-0.25, -0.2) is 4.98 Å². The molecular formula is C16H15ClN4O. The standard InChI is InChI=1S/C16H15ClN4O/c17-12-4-6-13(7-5-12)21-11-19-15(14(10-18)16(21)22)20-8-2-1-3-9-20/h4-7,11H,1-3,8-9H2. The predicted octanol–water partition coefficient (Wildman–Crippen LogP) is 2.75. The van der Waals surface area contributed by atoms with Crippen LogP contribution in [-0.4, -0.2) is 22.6 Å². The van der Waals surface area contributed by atoms with Crippen LogP contribution < -0.4 is 10.5 Å². The molecule has 5 nitrogen and oxygen atoms in total. The van der Waals surface area contributed by atoms with Gasteiger partial charge in [0.25, 0.3) is 5.56 Å². The van der Waals surface area contributed by atoms with Gasteiger partial charge >= 0.3 is 0 Å². The Hall–Kier alpha value is -2.32. The Morgan fingerprint density at radius 1 is 1.14 bits per heavy atom. The quantitative estimate of drug-likeness (QED) is 0.855. The van der Waals surface area contributed by atoms with Crippen molar-refractivity contribution in [1.29, 1.82) is 5.26 Å². The summed E-state index contributed by atoms with van der Waals surface area (Å²) >= 11 is 5.86. The average molecular weight is 315 g/mol. The van der Waals surface area contributed by atoms with Crippen molar-refractivity contribution in [1.82, 2.24) is 9.55 Å². The van der Waals surface area contributed by atoms with Crippen molar-refractivity contribution in [3.63, 3.8) is 0 Å². The lowest BCUT2D eigenvalue weighted by atomic mass is 10.1. The van der Waals surface area contributed by atoms with Gasteiger partial charge in [0.2, 0.25) is 0 Å². The molecule has 3 rings (SSSR count). The van der Waals surface area contributed by atoms with Gasteiger partial charge in [0.1, 0.15) is 12.4 Å². The van der Waals surface area contributed by atoms with Crippen LogP contribution in [0.1, 0.15) is 24.8 Å². The number of rotatable bonds is 2. The summed E-state index contributed by atoms with van der Waals surface area (Å²) in [5.74, 6) is 0.498. The fourth-order valence-corrected chi connectivity index (χ4v) is 2.80. The molecule has 112 valence electrons. The molecule has 1 fully saturated rings. The minimum atomic E-state index is -0.347. The maximum absolute atomic E-state index is 12.6. The van der Waals surface area contributed by atoms with Crippen LogP contribution in [0.4, 0.5) is 5.82 Å². The highest BCUT2D eigenvalue weighted by Gasteiger charge is 2.19. The van der Waals surface area contributed by atoms with E-state index < -0.39 is 0 Å². The highest BCUT2D eigenvalue weighted by atomic mass is 35.5. The molecule has 22 heavy (non-hydrogen) atoms. The molecule has 0 bridgehead atoms. The van der Waals surface area contributed by atoms with Crippen molar-refractivity contribution in [2.45, 2.75) is 19.3 Å². The Kier molecular flexibility index (Phi) is 4.12. The minimum Gasteiger partial charge on any atom is -0.355 e. The number of anilines is 1. The molecule has 0 saturated carbocycles. The van der Waals surface area contributed by atoms with Gasteiger partial charge in [-0.3, -0.25) is 9.36 Å². The van der Waals surface area contributed by atoms with Crippen LogP contribution in [0.15, 0.2) is 35.4 Å². The molecule has 0 aliphatic carbocycles. The molecular weight excluding hydrogens is 300 g/mol. The number of aromatic nitrogens is 2. The fourth-order valence-electron chi connectivity index (χ4n) is 2.67. The van der Waals surface area contributed by atoms with Crippen LogP contribution >= 0.6 is 11.6 Å². The number of hydrogen-bond donors (Lipinski definition) is 0. The Morgan fingerprint density at radius 3 is 2.45 bits per heavy atom. The summed E-state index contributed by atoms with van der Waals surface area (Å²) in [6.45, 7) is 1.68. The molecule has 0 amide bonds. The Bertz CT molecular complexity index is 770. The highest BCUT2D eigenvalue weighted by molar-refractivity contribution is 6.30. The van der Waals surface area contributed by atoms with E-state index in [0.717, 1.165) is 25.9 Å². The van der Waals surface area contributed by atoms with E-state index in [-0.39, 0.29) is 11.1 Å². The van der Waals surface area contributed by atoms with Crippen molar-refractivity contribution >= 4 is 17.4 Å². The number of piperidine rings is 1. The van der Waals surface area contributed by atoms with E-state index >= 15 is 0 Å². The summed E-state index contributed by atoms with van der Waals surface area (Å²) < 4.78 is 1.38. The summed E-state index contributed by atoms with van der Waals surface area (Å²) in [4.78, 5) is 19.0. The first-order valence-electron chi connectivity index (χ1n) is 7.23. The second-order valence-electron chi connectivity index (χ2n) is 5.25. The smallest absolute Gasteiger partial charge is 0.278 e. The molecule has 0 radical (unpaired) electrons. The van der Waals surface area contributed by atoms with E-state index in [0.29, 0.717) is 16.5 Å². The third-order valence-electron chi connectivity index (χ3n) is 3.82. The molecule has 1 aliphatic heterocycles. The molecule has 6 heteroatoms. The summed E-state index contributed by atoms with van der Waals surface area (Å²) in [5.41, 5.74) is 0.392. The minimum absolute atomic E-state index is 0.0966. The zero-order valence-electron chi connectivity index (χ0n) is 12.0. The third-order valence-corrected chi connectivity index (χ3v) is 4.08. The Morgan fingerprint density at radius 2 is 1.82 bits per heavy atom. The zero-order chi connectivity index (χ0) is 15.5. The summed E-state index contributed by atoms with van der Waals surface area (Å²) in [6, 6.07) is 8.88. The first-order valence-corrected chi connectivity index (χ1v) is 7.61. The Balaban J connectivity index is 2.06. The van der Waals surface area contributed by atoms with Crippen LogP contribution in [0.2, 0.25) is 5.02 Å². The van der Waals surface area contributed by atoms with Gasteiger partial charge in [-0.2, -0.15) is 5.26 Å². The molecule has 1 aromatic heterocycles. The van der Waals surface area contributed by atoms with Crippen molar-refractivity contribution in [3.05, 3.63) is 51.5 Å². The molecule has 0 unspecified atom stereocenters. The monoisotopic (exact) mass is 314 g/mol. The normalized spacial score (nSPS) is 14.6. The molecule has 2 aromatic rings. The number of nitriles is 1. The van der Waals surface area contributed by atoms with Gasteiger partial charge in [-0.05, 0) is 43.5 Å². The van der Waals surface area contributed by atoms with E-state index in [2.05, 4.69) is 4.98 Å². The van der Waals surface area contributed by atoms with E-state index in [9.17, 15) is 10.1 Å². The van der Waals surface area contributed by atoms with Gasteiger partial charge in [0.05, 0.1) is 5.69 Å². The molecule has 1 saturated heterocycles. The van der Waals surface area contributed by atoms with Crippen LogP contribution in [-0.2, 0) is 0 Å². The molecule has 0 atom stereocenters. The van der Waals surface area contributed by atoms with Crippen molar-refractivity contribution in [2.75, 3.05) is 18.0 Å². The van der Waals surface area contributed by atoms with Gasteiger partial charge < -0.3 is 4.90 Å². The molecule has 0 spiro atoms. The average Bonchev–Trinajstić information content (AvgIpc) is 2.56. The summed E-state index contributed by atoms with van der Waals surface area (Å²) in [7, 11) is 0. The lowest BCUT2D eigenvalue weighted by molar-refractivity contribution is 0.571. The van der Waals surface area contributed by atoms with E-state index in [1.165, 1.54) is 17.3 Å². The third kappa shape index (κ3) is 2.70. The number of hydrogen-bond acceptors (Lipinski definition) is 4. The van der Waals surface area contributed by atoms with Crippen molar-refractivity contribution in [2.24, 2.45) is 0 Å². The fraction of sp³-hybridized carbons (Fsp3) is 0.312. The van der Waals surface area contributed by atoms with Crippen LogP contribution in [0.25, 0.3) is 5.69 Å². The lowest BCUT2D eigenvalue weighted by Crippen LogP contribution is -2.34. The predicted molar refractivity (Wildman–Crippen MR) is 85.6 cm³/mol. The maximum atomic E-state index is 12.6. The number of halogens is 1. The van der Waals surface area contributed by atoms with Crippen molar-refractivity contribution < 1.29 is 0 Å². The van der Waals surface area contributed by atoms with Gasteiger partial charge in [0, 0.05) is 18.1 Å². The highest BCUT2D eigenvalue weighted by Crippen LogP contribution is 2.20. The first-order chi connectivity index (χ1) is 10.7. The van der Waals surface area contributed by atoms with Gasteiger partial charge in [-0.15, -0.1) is 0 Å². The topological polar surface area (TPSA) is 61.9 Å². The van der Waals surface area contributed by atoms with E-state index in [4.69, 9.17) is 11.6 Å². The Labute approximate surface area is 133 Å².